The van der Waals surface area contributed by atoms with Crippen molar-refractivity contribution in [3.8, 4) is 5.75 Å². The van der Waals surface area contributed by atoms with Crippen LogP contribution in [0.25, 0.3) is 0 Å². The summed E-state index contributed by atoms with van der Waals surface area (Å²) in [6.07, 6.45) is 6.61. The minimum absolute atomic E-state index is 0. The molecule has 2 fully saturated rings. The van der Waals surface area contributed by atoms with Crippen LogP contribution in [-0.2, 0) is 10.8 Å². The van der Waals surface area contributed by atoms with Gasteiger partial charge in [0.1, 0.15) is 5.75 Å². The second-order valence-corrected chi connectivity index (χ2v) is 11.1. The van der Waals surface area contributed by atoms with Crippen LogP contribution in [0.5, 0.6) is 5.75 Å². The summed E-state index contributed by atoms with van der Waals surface area (Å²) in [5.74, 6) is 1.20. The first-order chi connectivity index (χ1) is 13.1. The van der Waals surface area contributed by atoms with Gasteiger partial charge >= 0.3 is 0 Å². The molecule has 2 aliphatic rings. The molecule has 0 aromatic heterocycles. The SMILES string of the molecule is CC(C)(C)c1cc([C@@H](C2CCCCC2)N2CCNCC2)c(O)c(C(C)(C)C)c1.Cl.Cl. The summed E-state index contributed by atoms with van der Waals surface area (Å²) >= 11 is 0. The van der Waals surface area contributed by atoms with E-state index >= 15 is 0 Å². The maximum Gasteiger partial charge on any atom is 0.124 e. The number of phenolic OH excluding ortho intramolecular Hbond substituents is 1. The van der Waals surface area contributed by atoms with Gasteiger partial charge in [0.2, 0.25) is 0 Å². The van der Waals surface area contributed by atoms with Gasteiger partial charge in [0.25, 0.3) is 0 Å². The number of hydrogen-bond donors (Lipinski definition) is 2. The molecule has 0 radical (unpaired) electrons. The molecule has 174 valence electrons. The van der Waals surface area contributed by atoms with E-state index in [1.165, 1.54) is 43.2 Å². The zero-order chi connectivity index (χ0) is 20.5. The number of halogens is 2. The molecule has 0 amide bonds. The van der Waals surface area contributed by atoms with Gasteiger partial charge in [0.05, 0.1) is 0 Å². The molecule has 1 heterocycles. The lowest BCUT2D eigenvalue weighted by Crippen LogP contribution is -2.47. The van der Waals surface area contributed by atoms with Gasteiger partial charge in [-0.25, -0.2) is 0 Å². The predicted octanol–water partition coefficient (Wildman–Crippen LogP) is 6.36. The zero-order valence-corrected chi connectivity index (χ0v) is 21.5. The lowest BCUT2D eigenvalue weighted by molar-refractivity contribution is 0.101. The van der Waals surface area contributed by atoms with Gasteiger partial charge in [-0.2, -0.15) is 0 Å². The third kappa shape index (κ3) is 6.28. The maximum absolute atomic E-state index is 11.5. The fourth-order valence-corrected chi connectivity index (χ4v) is 5.05. The minimum atomic E-state index is -0.0688. The summed E-state index contributed by atoms with van der Waals surface area (Å²) in [4.78, 5) is 2.65. The summed E-state index contributed by atoms with van der Waals surface area (Å²) in [6, 6.07) is 4.94. The number of benzene rings is 1. The van der Waals surface area contributed by atoms with Crippen LogP contribution in [0.15, 0.2) is 12.1 Å². The topological polar surface area (TPSA) is 35.5 Å². The van der Waals surface area contributed by atoms with E-state index in [0.29, 0.717) is 17.7 Å². The van der Waals surface area contributed by atoms with E-state index < -0.39 is 0 Å². The molecule has 1 aromatic rings. The standard InChI is InChI=1S/C25H42N2O.2ClH/c1-24(2,3)19-16-20(23(28)21(17-19)25(4,5)6)22(18-10-8-7-9-11-18)27-14-12-26-13-15-27;;/h16-18,22,26,28H,7-15H2,1-6H3;2*1H/t22-;;/m1../s1. The minimum Gasteiger partial charge on any atom is -0.507 e. The van der Waals surface area contributed by atoms with Crippen molar-refractivity contribution in [1.29, 1.82) is 0 Å². The van der Waals surface area contributed by atoms with E-state index in [9.17, 15) is 5.11 Å². The van der Waals surface area contributed by atoms with Gasteiger partial charge in [0.15, 0.2) is 0 Å². The Hall–Kier alpha value is -0.480. The molecule has 5 heteroatoms. The fraction of sp³-hybridized carbons (Fsp3) is 0.760. The van der Waals surface area contributed by atoms with Crippen molar-refractivity contribution in [2.24, 2.45) is 5.92 Å². The molecular formula is C25H44Cl2N2O. The molecule has 0 unspecified atom stereocenters. The van der Waals surface area contributed by atoms with Crippen LogP contribution >= 0.6 is 24.8 Å². The number of hydrogen-bond acceptors (Lipinski definition) is 3. The molecule has 2 N–H and O–H groups in total. The highest BCUT2D eigenvalue weighted by atomic mass is 35.5. The Morgan fingerprint density at radius 3 is 1.97 bits per heavy atom. The number of rotatable bonds is 3. The van der Waals surface area contributed by atoms with Crippen molar-refractivity contribution in [2.45, 2.75) is 90.5 Å². The van der Waals surface area contributed by atoms with Crippen LogP contribution < -0.4 is 5.32 Å². The van der Waals surface area contributed by atoms with Crippen molar-refractivity contribution in [1.82, 2.24) is 10.2 Å². The van der Waals surface area contributed by atoms with E-state index in [2.05, 4.69) is 63.9 Å². The fourth-order valence-electron chi connectivity index (χ4n) is 5.05. The van der Waals surface area contributed by atoms with Gasteiger partial charge in [0, 0.05) is 37.8 Å². The van der Waals surface area contributed by atoms with Crippen molar-refractivity contribution >= 4 is 24.8 Å². The molecule has 30 heavy (non-hydrogen) atoms. The molecule has 1 aliphatic heterocycles. The smallest absolute Gasteiger partial charge is 0.124 e. The lowest BCUT2D eigenvalue weighted by atomic mass is 9.74. The van der Waals surface area contributed by atoms with Crippen LogP contribution in [0.4, 0.5) is 0 Å². The molecule has 3 rings (SSSR count). The van der Waals surface area contributed by atoms with Crippen LogP contribution in [0.2, 0.25) is 0 Å². The first-order valence-electron chi connectivity index (χ1n) is 11.4. The van der Waals surface area contributed by atoms with Crippen LogP contribution in [0.3, 0.4) is 0 Å². The quantitative estimate of drug-likeness (QED) is 0.552. The molecule has 0 spiro atoms. The van der Waals surface area contributed by atoms with Gasteiger partial charge in [-0.1, -0.05) is 66.9 Å². The third-order valence-corrected chi connectivity index (χ3v) is 6.77. The van der Waals surface area contributed by atoms with Crippen LogP contribution in [-0.4, -0.2) is 36.2 Å². The van der Waals surface area contributed by atoms with Crippen molar-refractivity contribution in [3.63, 3.8) is 0 Å². The monoisotopic (exact) mass is 458 g/mol. The highest BCUT2D eigenvalue weighted by molar-refractivity contribution is 5.85. The Labute approximate surface area is 197 Å². The Kier molecular flexibility index (Phi) is 10.0. The van der Waals surface area contributed by atoms with E-state index in [1.54, 1.807) is 0 Å². The Morgan fingerprint density at radius 1 is 0.900 bits per heavy atom. The van der Waals surface area contributed by atoms with Gasteiger partial charge in [-0.3, -0.25) is 4.90 Å². The average Bonchev–Trinajstić information content (AvgIpc) is 2.63. The van der Waals surface area contributed by atoms with Crippen LogP contribution in [0, 0.1) is 5.92 Å². The van der Waals surface area contributed by atoms with Crippen molar-refractivity contribution in [2.75, 3.05) is 26.2 Å². The first-order valence-corrected chi connectivity index (χ1v) is 11.4. The number of piperazine rings is 1. The Balaban J connectivity index is 0.00000225. The van der Waals surface area contributed by atoms with Crippen LogP contribution in [0.1, 0.15) is 96.4 Å². The highest BCUT2D eigenvalue weighted by Crippen LogP contribution is 2.46. The summed E-state index contributed by atoms with van der Waals surface area (Å²) < 4.78 is 0. The van der Waals surface area contributed by atoms with Crippen molar-refractivity contribution < 1.29 is 5.11 Å². The van der Waals surface area contributed by atoms with E-state index in [1.807, 2.05) is 0 Å². The molecule has 1 aliphatic carbocycles. The molecule has 1 saturated heterocycles. The molecule has 1 saturated carbocycles. The second kappa shape index (κ2) is 10.9. The summed E-state index contributed by atoms with van der Waals surface area (Å²) in [5, 5.41) is 15.0. The number of nitrogens with one attached hydrogen (secondary N) is 1. The molecular weight excluding hydrogens is 415 g/mol. The second-order valence-electron chi connectivity index (χ2n) is 11.1. The first kappa shape index (κ1) is 27.6. The normalized spacial score (nSPS) is 20.2. The summed E-state index contributed by atoms with van der Waals surface area (Å²) in [7, 11) is 0. The van der Waals surface area contributed by atoms with E-state index in [0.717, 1.165) is 31.7 Å². The predicted molar refractivity (Wildman–Crippen MR) is 134 cm³/mol. The largest absolute Gasteiger partial charge is 0.507 e. The average molecular weight is 460 g/mol. The maximum atomic E-state index is 11.5. The Morgan fingerprint density at radius 2 is 1.47 bits per heavy atom. The molecule has 1 atom stereocenters. The molecule has 3 nitrogen and oxygen atoms in total. The van der Waals surface area contributed by atoms with E-state index in [-0.39, 0.29) is 35.6 Å². The third-order valence-electron chi connectivity index (χ3n) is 6.77. The highest BCUT2D eigenvalue weighted by Gasteiger charge is 2.35. The van der Waals surface area contributed by atoms with Crippen molar-refractivity contribution in [3.05, 3.63) is 28.8 Å². The number of phenols is 1. The number of aromatic hydroxyl groups is 1. The molecule has 1 aromatic carbocycles. The van der Waals surface area contributed by atoms with Gasteiger partial charge < -0.3 is 10.4 Å². The summed E-state index contributed by atoms with van der Waals surface area (Å²) in [6.45, 7) is 17.8. The van der Waals surface area contributed by atoms with Gasteiger partial charge in [-0.15, -0.1) is 24.8 Å². The lowest BCUT2D eigenvalue weighted by Gasteiger charge is -2.42. The van der Waals surface area contributed by atoms with E-state index in [4.69, 9.17) is 0 Å². The molecule has 0 bridgehead atoms. The van der Waals surface area contributed by atoms with Gasteiger partial charge in [-0.05, 0) is 46.8 Å². The zero-order valence-electron chi connectivity index (χ0n) is 19.9. The Bertz CT molecular complexity index is 649. The number of nitrogens with zero attached hydrogens (tertiary/aromatic N) is 1. The summed E-state index contributed by atoms with van der Waals surface area (Å²) in [5.41, 5.74) is 3.64.